The van der Waals surface area contributed by atoms with E-state index in [9.17, 15) is 19.5 Å². The number of hydrogen-bond donors (Lipinski definition) is 1. The fourth-order valence-electron chi connectivity index (χ4n) is 3.49. The number of aromatic nitrogens is 1. The number of ketones is 1. The number of benzene rings is 1. The lowest BCUT2D eigenvalue weighted by Gasteiger charge is -2.19. The quantitative estimate of drug-likeness (QED) is 0.251. The normalized spacial score (nSPS) is 10.5. The van der Waals surface area contributed by atoms with Crippen molar-refractivity contribution in [1.29, 1.82) is 0 Å². The highest BCUT2D eigenvalue weighted by molar-refractivity contribution is 6.16. The minimum atomic E-state index is -1.52. The predicted octanol–water partition coefficient (Wildman–Crippen LogP) is 3.15. The van der Waals surface area contributed by atoms with E-state index in [-0.39, 0.29) is 29.6 Å². The van der Waals surface area contributed by atoms with Gasteiger partial charge in [0, 0.05) is 7.11 Å². The average molecular weight is 491 g/mol. The Labute approximate surface area is 202 Å². The Kier molecular flexibility index (Phi) is 9.83. The van der Waals surface area contributed by atoms with Gasteiger partial charge in [0.15, 0.2) is 35.5 Å². The van der Waals surface area contributed by atoms with Crippen molar-refractivity contribution >= 4 is 17.7 Å². The monoisotopic (exact) mass is 491 g/mol. The summed E-state index contributed by atoms with van der Waals surface area (Å²) in [4.78, 5) is 42.3. The van der Waals surface area contributed by atoms with Crippen LogP contribution < -0.4 is 18.9 Å². The molecule has 0 amide bonds. The number of hydrogen-bond acceptors (Lipinski definition) is 10. The van der Waals surface area contributed by atoms with Gasteiger partial charge in [0.05, 0.1) is 34.0 Å². The number of carbonyl (C=O) groups is 3. The molecule has 0 spiro atoms. The van der Waals surface area contributed by atoms with Crippen LogP contribution in [0, 0.1) is 0 Å². The first-order valence-electron chi connectivity index (χ1n) is 10.6. The first-order chi connectivity index (χ1) is 16.8. The number of esters is 1. The van der Waals surface area contributed by atoms with Crippen molar-refractivity contribution < 1.29 is 47.9 Å². The van der Waals surface area contributed by atoms with Gasteiger partial charge in [-0.05, 0) is 24.5 Å². The van der Waals surface area contributed by atoms with Crippen molar-refractivity contribution in [3.63, 3.8) is 0 Å². The Bertz CT molecular complexity index is 1100. The summed E-state index contributed by atoms with van der Waals surface area (Å²) in [6.45, 7) is 1.84. The summed E-state index contributed by atoms with van der Waals surface area (Å²) in [7, 11) is 6.34. The molecule has 0 aliphatic heterocycles. The molecule has 35 heavy (non-hydrogen) atoms. The maximum atomic E-state index is 13.7. The number of rotatable bonds is 13. The molecule has 0 unspecified atom stereocenters. The van der Waals surface area contributed by atoms with Crippen LogP contribution in [0.4, 0.5) is 0 Å². The highest BCUT2D eigenvalue weighted by Gasteiger charge is 2.34. The number of nitrogens with zero attached hydrogens (tertiary/aromatic N) is 1. The SMILES string of the molecule is CCCCc1ccc(C(=O)c2nc(C(=O)OC)c(OC)c(OC)c2C(=O)O)c(OCOC)c1OC. The molecule has 0 aliphatic carbocycles. The molecule has 0 radical (unpaired) electrons. The van der Waals surface area contributed by atoms with E-state index in [1.807, 2.05) is 6.92 Å². The first kappa shape index (κ1) is 27.4. The van der Waals surface area contributed by atoms with E-state index >= 15 is 0 Å². The third-order valence-electron chi connectivity index (χ3n) is 5.09. The van der Waals surface area contributed by atoms with E-state index in [1.165, 1.54) is 34.5 Å². The van der Waals surface area contributed by atoms with Crippen LogP contribution in [0.5, 0.6) is 23.0 Å². The molecule has 1 aromatic carbocycles. The van der Waals surface area contributed by atoms with Gasteiger partial charge < -0.3 is 33.5 Å². The lowest BCUT2D eigenvalue weighted by Crippen LogP contribution is -2.20. The third-order valence-corrected chi connectivity index (χ3v) is 5.09. The van der Waals surface area contributed by atoms with Gasteiger partial charge in [-0.3, -0.25) is 4.79 Å². The smallest absolute Gasteiger partial charge is 0.360 e. The van der Waals surface area contributed by atoms with E-state index in [0.717, 1.165) is 25.5 Å². The zero-order valence-corrected chi connectivity index (χ0v) is 20.6. The van der Waals surface area contributed by atoms with Crippen molar-refractivity contribution in [2.75, 3.05) is 42.3 Å². The van der Waals surface area contributed by atoms with Crippen molar-refractivity contribution in [1.82, 2.24) is 4.98 Å². The standard InChI is InChI=1S/C24H29NO10/c1-7-8-9-13-10-11-14(20(19(13)31-3)35-12-30-2)18(26)16-15(23(27)28)21(32-4)22(33-5)17(25-16)24(29)34-6/h10-11H,7-9,12H2,1-6H3,(H,27,28). The van der Waals surface area contributed by atoms with Crippen LogP contribution in [0.2, 0.25) is 0 Å². The molecule has 0 bridgehead atoms. The van der Waals surface area contributed by atoms with Gasteiger partial charge >= 0.3 is 11.9 Å². The predicted molar refractivity (Wildman–Crippen MR) is 123 cm³/mol. The minimum absolute atomic E-state index is 0.0443. The second kappa shape index (κ2) is 12.6. The molecular weight excluding hydrogens is 462 g/mol. The van der Waals surface area contributed by atoms with E-state index < -0.39 is 34.7 Å². The maximum Gasteiger partial charge on any atom is 0.360 e. The molecule has 11 nitrogen and oxygen atoms in total. The Balaban J connectivity index is 2.87. The van der Waals surface area contributed by atoms with E-state index in [2.05, 4.69) is 4.98 Å². The molecule has 0 saturated heterocycles. The molecule has 0 aliphatic rings. The Morgan fingerprint density at radius 3 is 2.06 bits per heavy atom. The molecule has 1 aromatic heterocycles. The van der Waals surface area contributed by atoms with Gasteiger partial charge in [0.2, 0.25) is 5.78 Å². The summed E-state index contributed by atoms with van der Waals surface area (Å²) < 4.78 is 31.3. The Hall–Kier alpha value is -3.86. The van der Waals surface area contributed by atoms with Crippen LogP contribution in [0.1, 0.15) is 62.2 Å². The van der Waals surface area contributed by atoms with Gasteiger partial charge in [-0.25, -0.2) is 14.6 Å². The largest absolute Gasteiger partial charge is 0.493 e. The second-order valence-electron chi connectivity index (χ2n) is 7.17. The number of unbranched alkanes of at least 4 members (excludes halogenated alkanes) is 1. The number of carboxylic acid groups (broad SMARTS) is 1. The number of carbonyl (C=O) groups excluding carboxylic acids is 2. The summed E-state index contributed by atoms with van der Waals surface area (Å²) in [6.07, 6.45) is 2.47. The minimum Gasteiger partial charge on any atom is -0.493 e. The highest BCUT2D eigenvalue weighted by Crippen LogP contribution is 2.40. The summed E-state index contributed by atoms with van der Waals surface area (Å²) >= 11 is 0. The molecule has 0 atom stereocenters. The number of pyridine rings is 1. The molecule has 0 saturated carbocycles. The van der Waals surface area contributed by atoms with Gasteiger partial charge in [-0.1, -0.05) is 19.4 Å². The number of carboxylic acids is 1. The molecule has 1 N–H and O–H groups in total. The van der Waals surface area contributed by atoms with Crippen molar-refractivity contribution in [2.24, 2.45) is 0 Å². The highest BCUT2D eigenvalue weighted by atomic mass is 16.7. The molecule has 2 aromatic rings. The Morgan fingerprint density at radius 1 is 0.886 bits per heavy atom. The van der Waals surface area contributed by atoms with Crippen LogP contribution >= 0.6 is 0 Å². The summed E-state index contributed by atoms with van der Waals surface area (Å²) in [5.74, 6) is -3.58. The maximum absolute atomic E-state index is 13.7. The van der Waals surface area contributed by atoms with Gasteiger partial charge in [-0.15, -0.1) is 0 Å². The molecule has 190 valence electrons. The zero-order chi connectivity index (χ0) is 26.1. The van der Waals surface area contributed by atoms with Crippen LogP contribution in [-0.2, 0) is 15.9 Å². The summed E-state index contributed by atoms with van der Waals surface area (Å²) in [6, 6.07) is 3.19. The van der Waals surface area contributed by atoms with Crippen molar-refractivity contribution in [3.8, 4) is 23.0 Å². The lowest BCUT2D eigenvalue weighted by molar-refractivity contribution is 0.0482. The van der Waals surface area contributed by atoms with E-state index in [0.29, 0.717) is 12.2 Å². The van der Waals surface area contributed by atoms with Crippen LogP contribution in [0.25, 0.3) is 0 Å². The lowest BCUT2D eigenvalue weighted by atomic mass is 9.97. The van der Waals surface area contributed by atoms with Crippen molar-refractivity contribution in [3.05, 3.63) is 40.2 Å². The van der Waals surface area contributed by atoms with Crippen LogP contribution in [0.3, 0.4) is 0 Å². The molecular formula is C24H29NO10. The van der Waals surface area contributed by atoms with Gasteiger partial charge in [0.25, 0.3) is 0 Å². The first-order valence-corrected chi connectivity index (χ1v) is 10.6. The molecule has 0 fully saturated rings. The van der Waals surface area contributed by atoms with Gasteiger partial charge in [0.1, 0.15) is 11.3 Å². The topological polar surface area (TPSA) is 140 Å². The number of ether oxygens (including phenoxy) is 6. The van der Waals surface area contributed by atoms with E-state index in [4.69, 9.17) is 28.4 Å². The number of aromatic carboxylic acids is 1. The summed E-state index contributed by atoms with van der Waals surface area (Å²) in [5, 5.41) is 9.91. The average Bonchev–Trinajstić information content (AvgIpc) is 2.87. The van der Waals surface area contributed by atoms with Gasteiger partial charge in [-0.2, -0.15) is 0 Å². The van der Waals surface area contributed by atoms with E-state index in [1.54, 1.807) is 6.07 Å². The molecule has 2 rings (SSSR count). The molecule has 11 heteroatoms. The fraction of sp³-hybridized carbons (Fsp3) is 0.417. The van der Waals surface area contributed by atoms with Crippen LogP contribution in [0.15, 0.2) is 12.1 Å². The van der Waals surface area contributed by atoms with Crippen molar-refractivity contribution in [2.45, 2.75) is 26.2 Å². The second-order valence-corrected chi connectivity index (χ2v) is 7.17. The zero-order valence-electron chi connectivity index (χ0n) is 20.6. The Morgan fingerprint density at radius 2 is 1.54 bits per heavy atom. The number of aryl methyl sites for hydroxylation is 1. The third kappa shape index (κ3) is 5.62. The fourth-order valence-corrected chi connectivity index (χ4v) is 3.49. The van der Waals surface area contributed by atoms with Crippen LogP contribution in [-0.4, -0.2) is 70.2 Å². The molecule has 1 heterocycles. The summed E-state index contributed by atoms with van der Waals surface area (Å²) in [5.41, 5.74) is -0.829. The number of methoxy groups -OCH3 is 5.